The number of nitrogens with two attached hydrogens (primary N) is 1. The molecule has 0 radical (unpaired) electrons. The molecule has 0 amide bonds. The van der Waals surface area contributed by atoms with Crippen LogP contribution >= 0.6 is 0 Å². The Morgan fingerprint density at radius 2 is 1.95 bits per heavy atom. The van der Waals surface area contributed by atoms with Crippen LogP contribution in [-0.4, -0.2) is 28.3 Å². The van der Waals surface area contributed by atoms with E-state index in [1.165, 1.54) is 6.20 Å². The first-order chi connectivity index (χ1) is 9.54. The van der Waals surface area contributed by atoms with Crippen molar-refractivity contribution in [3.8, 4) is 0 Å². The Balaban J connectivity index is 2.32. The summed E-state index contributed by atoms with van der Waals surface area (Å²) in [5.41, 5.74) is 7.36. The fraction of sp³-hybridized carbons (Fsp3) is 0.214. The fourth-order valence-electron chi connectivity index (χ4n) is 1.70. The Morgan fingerprint density at radius 1 is 1.30 bits per heavy atom. The molecule has 0 spiro atoms. The highest BCUT2D eigenvalue weighted by molar-refractivity contribution is 6.01. The van der Waals surface area contributed by atoms with E-state index < -0.39 is 11.9 Å². The molecule has 1 heterocycles. The van der Waals surface area contributed by atoms with Gasteiger partial charge in [0, 0.05) is 5.56 Å². The number of benzene rings is 1. The zero-order chi connectivity index (χ0) is 14.7. The standard InChI is InChI=1S/C14H15N3O3/c1-3-20-14(19)11-8-16-17(12(11)15)13(18)10-6-4-9(2)5-7-10/h4-8H,3,15H2,1-2H3. The van der Waals surface area contributed by atoms with E-state index in [9.17, 15) is 9.59 Å². The zero-order valence-electron chi connectivity index (χ0n) is 11.3. The average molecular weight is 273 g/mol. The summed E-state index contributed by atoms with van der Waals surface area (Å²) in [5, 5.41) is 3.86. The fourth-order valence-corrected chi connectivity index (χ4v) is 1.70. The van der Waals surface area contributed by atoms with Gasteiger partial charge in [-0.15, -0.1) is 0 Å². The van der Waals surface area contributed by atoms with Gasteiger partial charge in [0.1, 0.15) is 11.4 Å². The van der Waals surface area contributed by atoms with Crippen molar-refractivity contribution in [2.75, 3.05) is 12.3 Å². The van der Waals surface area contributed by atoms with E-state index in [2.05, 4.69) is 5.10 Å². The maximum atomic E-state index is 12.2. The lowest BCUT2D eigenvalue weighted by Crippen LogP contribution is -2.17. The van der Waals surface area contributed by atoms with Crippen LogP contribution < -0.4 is 5.73 Å². The van der Waals surface area contributed by atoms with E-state index in [1.807, 2.05) is 19.1 Å². The van der Waals surface area contributed by atoms with Gasteiger partial charge in [0.15, 0.2) is 0 Å². The number of nitrogens with zero attached hydrogens (tertiary/aromatic N) is 2. The van der Waals surface area contributed by atoms with Crippen LogP contribution in [0, 0.1) is 6.92 Å². The van der Waals surface area contributed by atoms with Gasteiger partial charge in [-0.25, -0.2) is 4.79 Å². The summed E-state index contributed by atoms with van der Waals surface area (Å²) in [4.78, 5) is 23.9. The number of carbonyl (C=O) groups is 2. The lowest BCUT2D eigenvalue weighted by molar-refractivity contribution is 0.0527. The number of carbonyl (C=O) groups excluding carboxylic acids is 2. The number of esters is 1. The predicted molar refractivity (Wildman–Crippen MR) is 73.5 cm³/mol. The van der Waals surface area contributed by atoms with Gasteiger partial charge in [-0.1, -0.05) is 17.7 Å². The predicted octanol–water partition coefficient (Wildman–Crippen LogP) is 1.64. The molecule has 0 unspecified atom stereocenters. The molecule has 104 valence electrons. The summed E-state index contributed by atoms with van der Waals surface area (Å²) in [5.74, 6) is -1.000. The molecule has 0 bridgehead atoms. The zero-order valence-corrected chi connectivity index (χ0v) is 11.3. The van der Waals surface area contributed by atoms with E-state index >= 15 is 0 Å². The van der Waals surface area contributed by atoms with Gasteiger partial charge in [0.25, 0.3) is 5.91 Å². The van der Waals surface area contributed by atoms with Crippen LogP contribution in [0.5, 0.6) is 0 Å². The monoisotopic (exact) mass is 273 g/mol. The molecular formula is C14H15N3O3. The molecule has 0 aliphatic rings. The molecule has 0 fully saturated rings. The van der Waals surface area contributed by atoms with Crippen LogP contribution in [0.3, 0.4) is 0 Å². The summed E-state index contributed by atoms with van der Waals surface area (Å²) in [6.45, 7) is 3.85. The summed E-state index contributed by atoms with van der Waals surface area (Å²) in [7, 11) is 0. The van der Waals surface area contributed by atoms with Crippen LogP contribution in [0.2, 0.25) is 0 Å². The minimum atomic E-state index is -0.590. The second-order valence-electron chi connectivity index (χ2n) is 4.25. The topological polar surface area (TPSA) is 87.2 Å². The highest BCUT2D eigenvalue weighted by Crippen LogP contribution is 2.15. The van der Waals surface area contributed by atoms with Gasteiger partial charge >= 0.3 is 5.97 Å². The highest BCUT2D eigenvalue weighted by Gasteiger charge is 2.20. The first-order valence-corrected chi connectivity index (χ1v) is 6.16. The SMILES string of the molecule is CCOC(=O)c1cnn(C(=O)c2ccc(C)cc2)c1N. The first-order valence-electron chi connectivity index (χ1n) is 6.16. The van der Waals surface area contributed by atoms with Gasteiger partial charge in [-0.05, 0) is 26.0 Å². The second-order valence-corrected chi connectivity index (χ2v) is 4.25. The molecule has 6 nitrogen and oxygen atoms in total. The third kappa shape index (κ3) is 2.54. The van der Waals surface area contributed by atoms with Gasteiger partial charge in [-0.2, -0.15) is 9.78 Å². The largest absolute Gasteiger partial charge is 0.462 e. The van der Waals surface area contributed by atoms with Crippen LogP contribution in [0.15, 0.2) is 30.5 Å². The van der Waals surface area contributed by atoms with Crippen molar-refractivity contribution >= 4 is 17.7 Å². The third-order valence-electron chi connectivity index (χ3n) is 2.79. The van der Waals surface area contributed by atoms with Crippen molar-refractivity contribution in [3.63, 3.8) is 0 Å². The normalized spacial score (nSPS) is 10.3. The number of hydrogen-bond acceptors (Lipinski definition) is 5. The minimum absolute atomic E-state index is 0.0194. The molecule has 6 heteroatoms. The molecule has 20 heavy (non-hydrogen) atoms. The highest BCUT2D eigenvalue weighted by atomic mass is 16.5. The van der Waals surface area contributed by atoms with E-state index in [1.54, 1.807) is 19.1 Å². The molecule has 0 aliphatic heterocycles. The third-order valence-corrected chi connectivity index (χ3v) is 2.79. The van der Waals surface area contributed by atoms with E-state index in [0.29, 0.717) is 5.56 Å². The summed E-state index contributed by atoms with van der Waals surface area (Å²) >= 11 is 0. The number of aromatic nitrogens is 2. The number of hydrogen-bond donors (Lipinski definition) is 1. The lowest BCUT2D eigenvalue weighted by atomic mass is 10.1. The Hall–Kier alpha value is -2.63. The molecule has 0 saturated carbocycles. The van der Waals surface area contributed by atoms with Crippen molar-refractivity contribution in [1.29, 1.82) is 0 Å². The summed E-state index contributed by atoms with van der Waals surface area (Å²) < 4.78 is 5.84. The van der Waals surface area contributed by atoms with Crippen LogP contribution in [-0.2, 0) is 4.74 Å². The van der Waals surface area contributed by atoms with Gasteiger partial charge in [0.2, 0.25) is 0 Å². The molecule has 2 rings (SSSR count). The van der Waals surface area contributed by atoms with Gasteiger partial charge < -0.3 is 10.5 Å². The molecule has 0 atom stereocenters. The molecular weight excluding hydrogens is 258 g/mol. The summed E-state index contributed by atoms with van der Waals surface area (Å²) in [6, 6.07) is 7.00. The summed E-state index contributed by atoms with van der Waals surface area (Å²) in [6.07, 6.45) is 1.24. The Kier molecular flexibility index (Phi) is 3.84. The number of rotatable bonds is 3. The molecule has 1 aromatic carbocycles. The maximum Gasteiger partial charge on any atom is 0.343 e. The van der Waals surface area contributed by atoms with Crippen molar-refractivity contribution in [3.05, 3.63) is 47.2 Å². The molecule has 2 N–H and O–H groups in total. The number of anilines is 1. The minimum Gasteiger partial charge on any atom is -0.462 e. The average Bonchev–Trinajstić information content (AvgIpc) is 2.81. The lowest BCUT2D eigenvalue weighted by Gasteiger charge is -2.04. The van der Waals surface area contributed by atoms with E-state index in [4.69, 9.17) is 10.5 Å². The Bertz CT molecular complexity index is 644. The Labute approximate surface area is 116 Å². The number of aryl methyl sites for hydroxylation is 1. The van der Waals surface area contributed by atoms with Crippen LogP contribution in [0.4, 0.5) is 5.82 Å². The van der Waals surface area contributed by atoms with Crippen LogP contribution in [0.1, 0.15) is 33.2 Å². The van der Waals surface area contributed by atoms with Crippen molar-refractivity contribution < 1.29 is 14.3 Å². The van der Waals surface area contributed by atoms with Crippen molar-refractivity contribution in [1.82, 2.24) is 9.78 Å². The molecule has 2 aromatic rings. The molecule has 0 aliphatic carbocycles. The van der Waals surface area contributed by atoms with Crippen molar-refractivity contribution in [2.45, 2.75) is 13.8 Å². The van der Waals surface area contributed by atoms with E-state index in [-0.39, 0.29) is 18.0 Å². The van der Waals surface area contributed by atoms with Crippen molar-refractivity contribution in [2.24, 2.45) is 0 Å². The van der Waals surface area contributed by atoms with Gasteiger partial charge in [-0.3, -0.25) is 4.79 Å². The second kappa shape index (κ2) is 5.56. The quantitative estimate of drug-likeness (QED) is 0.859. The van der Waals surface area contributed by atoms with Crippen LogP contribution in [0.25, 0.3) is 0 Å². The van der Waals surface area contributed by atoms with E-state index in [0.717, 1.165) is 10.2 Å². The number of nitrogen functional groups attached to an aromatic ring is 1. The smallest absolute Gasteiger partial charge is 0.343 e. The Morgan fingerprint density at radius 3 is 2.55 bits per heavy atom. The number of ether oxygens (including phenoxy) is 1. The molecule has 1 aromatic heterocycles. The maximum absolute atomic E-state index is 12.2. The van der Waals surface area contributed by atoms with Gasteiger partial charge in [0.05, 0.1) is 12.8 Å². The first kappa shape index (κ1) is 13.8. The molecule has 0 saturated heterocycles.